The van der Waals surface area contributed by atoms with Gasteiger partial charge in [-0.1, -0.05) is 6.07 Å². The Morgan fingerprint density at radius 2 is 2.12 bits per heavy atom. The van der Waals surface area contributed by atoms with Gasteiger partial charge >= 0.3 is 0 Å². The van der Waals surface area contributed by atoms with Crippen molar-refractivity contribution in [3.05, 3.63) is 23.8 Å². The average Bonchev–Trinajstić information content (AvgIpc) is 2.52. The summed E-state index contributed by atoms with van der Waals surface area (Å²) in [5, 5.41) is 18.9. The zero-order chi connectivity index (χ0) is 12.6. The maximum atomic E-state index is 9.83. The molecule has 0 aliphatic rings. The standard InChI is InChI=1S/C12H17N3O2/c1-12(2,17)7-15-10-4-3-8(6-16)5-9(10)14-11(15)13/h3-5,16-17H,6-7H2,1-2H3,(H2,13,14). The van der Waals surface area contributed by atoms with Crippen molar-refractivity contribution in [3.63, 3.8) is 0 Å². The molecule has 0 radical (unpaired) electrons. The molecule has 0 spiro atoms. The number of hydrogen-bond acceptors (Lipinski definition) is 4. The van der Waals surface area contributed by atoms with E-state index in [9.17, 15) is 5.11 Å². The fourth-order valence-electron chi connectivity index (χ4n) is 1.85. The first-order valence-corrected chi connectivity index (χ1v) is 5.48. The quantitative estimate of drug-likeness (QED) is 0.737. The Morgan fingerprint density at radius 1 is 1.41 bits per heavy atom. The predicted molar refractivity (Wildman–Crippen MR) is 66.4 cm³/mol. The lowest BCUT2D eigenvalue weighted by atomic mass is 10.1. The van der Waals surface area contributed by atoms with Gasteiger partial charge in [0, 0.05) is 0 Å². The van der Waals surface area contributed by atoms with Crippen LogP contribution in [-0.2, 0) is 13.2 Å². The van der Waals surface area contributed by atoms with Crippen LogP contribution in [0.3, 0.4) is 0 Å². The minimum atomic E-state index is -0.850. The molecule has 0 bridgehead atoms. The zero-order valence-corrected chi connectivity index (χ0v) is 10.0. The van der Waals surface area contributed by atoms with Gasteiger partial charge in [-0.25, -0.2) is 4.98 Å². The highest BCUT2D eigenvalue weighted by Gasteiger charge is 2.17. The van der Waals surface area contributed by atoms with Crippen LogP contribution in [0.15, 0.2) is 18.2 Å². The molecule has 0 amide bonds. The molecule has 92 valence electrons. The monoisotopic (exact) mass is 235 g/mol. The van der Waals surface area contributed by atoms with E-state index in [-0.39, 0.29) is 6.61 Å². The van der Waals surface area contributed by atoms with E-state index in [2.05, 4.69) is 4.98 Å². The largest absolute Gasteiger partial charge is 0.392 e. The molecule has 0 saturated heterocycles. The molecule has 0 unspecified atom stereocenters. The Morgan fingerprint density at radius 3 is 2.71 bits per heavy atom. The van der Waals surface area contributed by atoms with Gasteiger partial charge in [0.05, 0.1) is 29.8 Å². The molecule has 2 aromatic rings. The Hall–Kier alpha value is -1.59. The number of nitrogens with zero attached hydrogens (tertiary/aromatic N) is 2. The SMILES string of the molecule is CC(C)(O)Cn1c(N)nc2cc(CO)ccc21. The molecule has 17 heavy (non-hydrogen) atoms. The number of aliphatic hydroxyl groups is 2. The summed E-state index contributed by atoms with van der Waals surface area (Å²) in [5.74, 6) is 0.372. The first kappa shape index (κ1) is 11.9. The number of rotatable bonds is 3. The summed E-state index contributed by atoms with van der Waals surface area (Å²) < 4.78 is 1.77. The lowest BCUT2D eigenvalue weighted by molar-refractivity contribution is 0.0633. The Kier molecular flexibility index (Phi) is 2.81. The van der Waals surface area contributed by atoms with Gasteiger partial charge in [-0.05, 0) is 31.5 Å². The van der Waals surface area contributed by atoms with Crippen molar-refractivity contribution in [2.75, 3.05) is 5.73 Å². The van der Waals surface area contributed by atoms with Gasteiger partial charge in [0.2, 0.25) is 5.95 Å². The topological polar surface area (TPSA) is 84.3 Å². The maximum absolute atomic E-state index is 9.83. The highest BCUT2D eigenvalue weighted by atomic mass is 16.3. The van der Waals surface area contributed by atoms with Crippen LogP contribution >= 0.6 is 0 Å². The first-order chi connectivity index (χ1) is 7.90. The summed E-state index contributed by atoms with van der Waals surface area (Å²) in [6.07, 6.45) is 0. The molecule has 1 aromatic heterocycles. The fraction of sp³-hybridized carbons (Fsp3) is 0.417. The van der Waals surface area contributed by atoms with Gasteiger partial charge in [0.25, 0.3) is 0 Å². The molecule has 4 N–H and O–H groups in total. The van der Waals surface area contributed by atoms with Crippen molar-refractivity contribution in [3.8, 4) is 0 Å². The number of aromatic nitrogens is 2. The normalized spacial score (nSPS) is 12.2. The Bertz CT molecular complexity index is 540. The molecule has 0 atom stereocenters. The first-order valence-electron chi connectivity index (χ1n) is 5.48. The number of aliphatic hydroxyl groups excluding tert-OH is 1. The third-order valence-corrected chi connectivity index (χ3v) is 2.57. The molecule has 2 rings (SSSR count). The predicted octanol–water partition coefficient (Wildman–Crippen LogP) is 0.882. The van der Waals surface area contributed by atoms with Crippen LogP contribution in [-0.4, -0.2) is 25.4 Å². The summed E-state index contributed by atoms with van der Waals surface area (Å²) in [6, 6.07) is 5.48. The van der Waals surface area contributed by atoms with Crippen molar-refractivity contribution in [1.29, 1.82) is 0 Å². The molecule has 5 heteroatoms. The van der Waals surface area contributed by atoms with Crippen molar-refractivity contribution in [1.82, 2.24) is 9.55 Å². The third-order valence-electron chi connectivity index (χ3n) is 2.57. The second-order valence-corrected chi connectivity index (χ2v) is 4.85. The van der Waals surface area contributed by atoms with Gasteiger partial charge in [-0.15, -0.1) is 0 Å². The molecular weight excluding hydrogens is 218 g/mol. The molecule has 0 saturated carbocycles. The number of hydrogen-bond donors (Lipinski definition) is 3. The van der Waals surface area contributed by atoms with Crippen molar-refractivity contribution in [2.45, 2.75) is 32.6 Å². The van der Waals surface area contributed by atoms with Crippen LogP contribution in [0.1, 0.15) is 19.4 Å². The molecule has 0 aliphatic heterocycles. The van der Waals surface area contributed by atoms with E-state index >= 15 is 0 Å². The van der Waals surface area contributed by atoms with Crippen LogP contribution in [0.2, 0.25) is 0 Å². The minimum absolute atomic E-state index is 0.0196. The van der Waals surface area contributed by atoms with Gasteiger partial charge in [-0.3, -0.25) is 0 Å². The number of fused-ring (bicyclic) bond motifs is 1. The molecule has 0 fully saturated rings. The van der Waals surface area contributed by atoms with E-state index in [1.165, 1.54) is 0 Å². The lowest BCUT2D eigenvalue weighted by Gasteiger charge is -2.19. The number of nitrogens with two attached hydrogens (primary N) is 1. The second-order valence-electron chi connectivity index (χ2n) is 4.85. The highest BCUT2D eigenvalue weighted by molar-refractivity contribution is 5.79. The van der Waals surface area contributed by atoms with Crippen LogP contribution in [0.25, 0.3) is 11.0 Å². The minimum Gasteiger partial charge on any atom is -0.392 e. The van der Waals surface area contributed by atoms with Crippen LogP contribution < -0.4 is 5.73 Å². The van der Waals surface area contributed by atoms with Crippen LogP contribution in [0.5, 0.6) is 0 Å². The van der Waals surface area contributed by atoms with Gasteiger partial charge in [0.1, 0.15) is 0 Å². The average molecular weight is 235 g/mol. The summed E-state index contributed by atoms with van der Waals surface area (Å²) in [5.41, 5.74) is 7.37. The summed E-state index contributed by atoms with van der Waals surface area (Å²) in [6.45, 7) is 3.81. The van der Waals surface area contributed by atoms with E-state index in [0.717, 1.165) is 16.6 Å². The van der Waals surface area contributed by atoms with Gasteiger partial charge in [0.15, 0.2) is 0 Å². The maximum Gasteiger partial charge on any atom is 0.201 e. The second kappa shape index (κ2) is 4.01. The van der Waals surface area contributed by atoms with E-state index in [0.29, 0.717) is 12.5 Å². The summed E-state index contributed by atoms with van der Waals surface area (Å²) in [7, 11) is 0. The smallest absolute Gasteiger partial charge is 0.201 e. The van der Waals surface area contributed by atoms with Gasteiger partial charge in [-0.2, -0.15) is 0 Å². The van der Waals surface area contributed by atoms with E-state index in [1.54, 1.807) is 24.5 Å². The summed E-state index contributed by atoms with van der Waals surface area (Å²) in [4.78, 5) is 4.22. The van der Waals surface area contributed by atoms with E-state index < -0.39 is 5.60 Å². The Balaban J connectivity index is 2.52. The van der Waals surface area contributed by atoms with Crippen molar-refractivity contribution >= 4 is 17.0 Å². The Labute approximate surface area is 99.5 Å². The molecular formula is C12H17N3O2. The number of benzene rings is 1. The lowest BCUT2D eigenvalue weighted by Crippen LogP contribution is -2.26. The van der Waals surface area contributed by atoms with Crippen LogP contribution in [0.4, 0.5) is 5.95 Å². The molecule has 0 aliphatic carbocycles. The zero-order valence-electron chi connectivity index (χ0n) is 10.0. The fourth-order valence-corrected chi connectivity index (χ4v) is 1.85. The highest BCUT2D eigenvalue weighted by Crippen LogP contribution is 2.21. The van der Waals surface area contributed by atoms with Gasteiger partial charge < -0.3 is 20.5 Å². The molecule has 5 nitrogen and oxygen atoms in total. The van der Waals surface area contributed by atoms with E-state index in [1.807, 2.05) is 12.1 Å². The summed E-state index contributed by atoms with van der Waals surface area (Å²) >= 11 is 0. The van der Waals surface area contributed by atoms with E-state index in [4.69, 9.17) is 10.8 Å². The van der Waals surface area contributed by atoms with Crippen molar-refractivity contribution in [2.24, 2.45) is 0 Å². The molecule has 1 heterocycles. The van der Waals surface area contributed by atoms with Crippen LogP contribution in [0, 0.1) is 0 Å². The number of nitrogen functional groups attached to an aromatic ring is 1. The van der Waals surface area contributed by atoms with Crippen molar-refractivity contribution < 1.29 is 10.2 Å². The third kappa shape index (κ3) is 2.40. The molecule has 1 aromatic carbocycles. The number of anilines is 1. The number of imidazole rings is 1.